The number of hydrogen-bond acceptors (Lipinski definition) is 3. The van der Waals surface area contributed by atoms with Gasteiger partial charge in [-0.25, -0.2) is 18.7 Å². The number of halogens is 2. The molecule has 0 bridgehead atoms. The van der Waals surface area contributed by atoms with E-state index in [1.54, 1.807) is 6.07 Å². The fourth-order valence-corrected chi connectivity index (χ4v) is 1.30. The molecule has 3 nitrogen and oxygen atoms in total. The maximum absolute atomic E-state index is 13.4. The number of nitrogens with zero attached hydrogens (tertiary/aromatic N) is 3. The van der Waals surface area contributed by atoms with Gasteiger partial charge in [-0.2, -0.15) is 5.26 Å². The minimum absolute atomic E-state index is 0.0575. The minimum atomic E-state index is -0.720. The zero-order valence-corrected chi connectivity index (χ0v) is 7.98. The monoisotopic (exact) mass is 217 g/mol. The maximum Gasteiger partial charge on any atom is 0.144 e. The first-order valence-electron chi connectivity index (χ1n) is 4.39. The molecule has 0 unspecified atom stereocenters. The minimum Gasteiger partial charge on any atom is -0.236 e. The summed E-state index contributed by atoms with van der Waals surface area (Å²) in [4.78, 5) is 7.36. The van der Waals surface area contributed by atoms with Gasteiger partial charge in [-0.15, -0.1) is 0 Å². The molecule has 5 heteroatoms. The summed E-state index contributed by atoms with van der Waals surface area (Å²) >= 11 is 0. The van der Waals surface area contributed by atoms with Crippen molar-refractivity contribution < 1.29 is 8.78 Å². The third-order valence-electron chi connectivity index (χ3n) is 2.00. The summed E-state index contributed by atoms with van der Waals surface area (Å²) in [6, 6.07) is 6.55. The van der Waals surface area contributed by atoms with Crippen LogP contribution in [0.1, 0.15) is 5.69 Å². The van der Waals surface area contributed by atoms with Crippen LogP contribution in [0.3, 0.4) is 0 Å². The molecule has 0 radical (unpaired) electrons. The molecule has 1 aromatic heterocycles. The Kier molecular flexibility index (Phi) is 2.56. The van der Waals surface area contributed by atoms with Crippen LogP contribution < -0.4 is 0 Å². The Bertz CT molecular complexity index is 555. The normalized spacial score (nSPS) is 9.81. The summed E-state index contributed by atoms with van der Waals surface area (Å²) in [5.74, 6) is -1.44. The summed E-state index contributed by atoms with van der Waals surface area (Å²) in [5.41, 5.74) is -0.129. The molecule has 0 aliphatic rings. The Morgan fingerprint density at radius 2 is 1.81 bits per heavy atom. The highest BCUT2D eigenvalue weighted by Gasteiger charge is 2.12. The zero-order chi connectivity index (χ0) is 11.5. The Labute approximate surface area is 90.0 Å². The van der Waals surface area contributed by atoms with Gasteiger partial charge in [0.05, 0.1) is 11.3 Å². The third kappa shape index (κ3) is 1.73. The van der Waals surface area contributed by atoms with E-state index in [-0.39, 0.29) is 17.0 Å². The highest BCUT2D eigenvalue weighted by Crippen LogP contribution is 2.23. The summed E-state index contributed by atoms with van der Waals surface area (Å²) in [5, 5.41) is 8.62. The van der Waals surface area contributed by atoms with Crippen LogP contribution in [-0.2, 0) is 0 Å². The van der Waals surface area contributed by atoms with E-state index >= 15 is 0 Å². The molecule has 78 valence electrons. The Morgan fingerprint density at radius 3 is 2.44 bits per heavy atom. The summed E-state index contributed by atoms with van der Waals surface area (Å²) < 4.78 is 26.8. The largest absolute Gasteiger partial charge is 0.236 e. The predicted octanol–water partition coefficient (Wildman–Crippen LogP) is 2.29. The van der Waals surface area contributed by atoms with Gasteiger partial charge in [-0.1, -0.05) is 6.07 Å². The first-order chi connectivity index (χ1) is 7.72. The molecular weight excluding hydrogens is 212 g/mol. The quantitative estimate of drug-likeness (QED) is 0.736. The molecule has 0 saturated heterocycles. The summed E-state index contributed by atoms with van der Waals surface area (Å²) in [6.07, 6.45) is 1.10. The molecule has 0 aliphatic heterocycles. The van der Waals surface area contributed by atoms with Gasteiger partial charge < -0.3 is 0 Å². The van der Waals surface area contributed by atoms with E-state index in [1.807, 2.05) is 0 Å². The highest BCUT2D eigenvalue weighted by molar-refractivity contribution is 5.61. The number of aromatic nitrogens is 2. The van der Waals surface area contributed by atoms with Crippen molar-refractivity contribution in [3.63, 3.8) is 0 Å². The summed E-state index contributed by atoms with van der Waals surface area (Å²) in [7, 11) is 0. The van der Waals surface area contributed by atoms with Gasteiger partial charge in [0, 0.05) is 6.07 Å². The van der Waals surface area contributed by atoms with E-state index < -0.39 is 11.6 Å². The standard InChI is InChI=1S/C11H5F2N3/c12-8-2-1-3-9(13)11(8)10-4-7(5-14)15-6-16-10/h1-4,6H. The molecule has 16 heavy (non-hydrogen) atoms. The Balaban J connectivity index is 2.64. The van der Waals surface area contributed by atoms with Crippen LogP contribution in [0.4, 0.5) is 8.78 Å². The number of nitriles is 1. The molecule has 0 N–H and O–H groups in total. The average Bonchev–Trinajstić information content (AvgIpc) is 2.29. The molecule has 1 heterocycles. The number of hydrogen-bond donors (Lipinski definition) is 0. The van der Waals surface area contributed by atoms with Crippen LogP contribution in [0.2, 0.25) is 0 Å². The van der Waals surface area contributed by atoms with E-state index in [2.05, 4.69) is 9.97 Å². The van der Waals surface area contributed by atoms with Crippen molar-refractivity contribution in [1.82, 2.24) is 9.97 Å². The highest BCUT2D eigenvalue weighted by atomic mass is 19.1. The lowest BCUT2D eigenvalue weighted by Gasteiger charge is -2.03. The molecule has 0 fully saturated rings. The second kappa shape index (κ2) is 4.03. The number of rotatable bonds is 1. The van der Waals surface area contributed by atoms with E-state index in [0.717, 1.165) is 18.5 Å². The molecule has 0 spiro atoms. The predicted molar refractivity (Wildman–Crippen MR) is 52.1 cm³/mol. The van der Waals surface area contributed by atoms with Gasteiger partial charge in [0.25, 0.3) is 0 Å². The lowest BCUT2D eigenvalue weighted by molar-refractivity contribution is 0.588. The van der Waals surface area contributed by atoms with Crippen molar-refractivity contribution in [2.75, 3.05) is 0 Å². The van der Waals surface area contributed by atoms with Gasteiger partial charge in [0.15, 0.2) is 0 Å². The lowest BCUT2D eigenvalue weighted by atomic mass is 10.1. The molecule has 0 atom stereocenters. The lowest BCUT2D eigenvalue weighted by Crippen LogP contribution is -1.94. The maximum atomic E-state index is 13.4. The van der Waals surface area contributed by atoms with Gasteiger partial charge in [0.2, 0.25) is 0 Å². The van der Waals surface area contributed by atoms with Crippen LogP contribution in [0.5, 0.6) is 0 Å². The molecule has 2 rings (SSSR count). The second-order valence-electron chi connectivity index (χ2n) is 3.00. The molecule has 0 aliphatic carbocycles. The van der Waals surface area contributed by atoms with Crippen molar-refractivity contribution >= 4 is 0 Å². The molecule has 0 amide bonds. The molecule has 1 aromatic carbocycles. The zero-order valence-electron chi connectivity index (χ0n) is 7.98. The van der Waals surface area contributed by atoms with Gasteiger partial charge in [0.1, 0.15) is 29.7 Å². The van der Waals surface area contributed by atoms with Crippen molar-refractivity contribution in [2.45, 2.75) is 0 Å². The number of benzene rings is 1. The third-order valence-corrected chi connectivity index (χ3v) is 2.00. The molecular formula is C11H5F2N3. The van der Waals surface area contributed by atoms with E-state index in [1.165, 1.54) is 12.1 Å². The second-order valence-corrected chi connectivity index (χ2v) is 3.00. The van der Waals surface area contributed by atoms with Crippen LogP contribution in [0.15, 0.2) is 30.6 Å². The Morgan fingerprint density at radius 1 is 1.12 bits per heavy atom. The van der Waals surface area contributed by atoms with Crippen LogP contribution in [0, 0.1) is 23.0 Å². The van der Waals surface area contributed by atoms with Crippen molar-refractivity contribution in [1.29, 1.82) is 5.26 Å². The smallest absolute Gasteiger partial charge is 0.144 e. The molecule has 2 aromatic rings. The van der Waals surface area contributed by atoms with Crippen molar-refractivity contribution in [2.24, 2.45) is 0 Å². The first kappa shape index (κ1) is 10.2. The van der Waals surface area contributed by atoms with Gasteiger partial charge >= 0.3 is 0 Å². The fraction of sp³-hybridized carbons (Fsp3) is 0. The van der Waals surface area contributed by atoms with Crippen molar-refractivity contribution in [3.8, 4) is 17.3 Å². The van der Waals surface area contributed by atoms with Crippen LogP contribution in [0.25, 0.3) is 11.3 Å². The van der Waals surface area contributed by atoms with Gasteiger partial charge in [-0.05, 0) is 12.1 Å². The summed E-state index contributed by atoms with van der Waals surface area (Å²) in [6.45, 7) is 0. The SMILES string of the molecule is N#Cc1cc(-c2c(F)cccc2F)ncn1. The van der Waals surface area contributed by atoms with E-state index in [0.29, 0.717) is 0 Å². The first-order valence-corrected chi connectivity index (χ1v) is 4.39. The van der Waals surface area contributed by atoms with E-state index in [9.17, 15) is 8.78 Å². The fourth-order valence-electron chi connectivity index (χ4n) is 1.30. The Hall–Kier alpha value is -2.35. The molecule has 0 saturated carbocycles. The van der Waals surface area contributed by atoms with E-state index in [4.69, 9.17) is 5.26 Å². The van der Waals surface area contributed by atoms with Crippen molar-refractivity contribution in [3.05, 3.63) is 47.9 Å². The van der Waals surface area contributed by atoms with Crippen LogP contribution >= 0.6 is 0 Å². The average molecular weight is 217 g/mol. The topological polar surface area (TPSA) is 49.6 Å². The van der Waals surface area contributed by atoms with Gasteiger partial charge in [-0.3, -0.25) is 0 Å². The van der Waals surface area contributed by atoms with Crippen LogP contribution in [-0.4, -0.2) is 9.97 Å².